The number of aliphatic carboxylic acids is 1. The van der Waals surface area contributed by atoms with Crippen molar-refractivity contribution < 1.29 is 23.2 Å². The standard InChI is InChI=1S/C12H13ClN2O5S/c1-7-3-2-4-8(13)12(7)21(18,19)6-9-14-10(20-15-9)5-11(16)17/h2-4,10H,5-6H2,1H3,(H,14,15)(H,16,17). The van der Waals surface area contributed by atoms with Crippen LogP contribution in [0.5, 0.6) is 0 Å². The van der Waals surface area contributed by atoms with Crippen LogP contribution in [0, 0.1) is 6.92 Å². The number of carboxylic acid groups (broad SMARTS) is 1. The molecule has 0 amide bonds. The number of rotatable bonds is 5. The molecule has 0 aliphatic carbocycles. The molecule has 0 aromatic heterocycles. The first-order valence-electron chi connectivity index (χ1n) is 5.97. The lowest BCUT2D eigenvalue weighted by molar-refractivity contribution is -0.140. The van der Waals surface area contributed by atoms with E-state index in [9.17, 15) is 13.2 Å². The molecule has 2 rings (SSSR count). The van der Waals surface area contributed by atoms with E-state index in [4.69, 9.17) is 21.5 Å². The first kappa shape index (κ1) is 15.7. The predicted octanol–water partition coefficient (Wildman–Crippen LogP) is 1.16. The fourth-order valence-corrected chi connectivity index (χ4v) is 4.06. The van der Waals surface area contributed by atoms with Crippen LogP contribution in [0.3, 0.4) is 0 Å². The van der Waals surface area contributed by atoms with E-state index < -0.39 is 27.8 Å². The number of amidine groups is 1. The topological polar surface area (TPSA) is 105 Å². The Bertz CT molecular complexity index is 681. The SMILES string of the molecule is Cc1cccc(Cl)c1S(=O)(=O)CC1=NC(CC(=O)O)ON1. The normalized spacial score (nSPS) is 18.2. The first-order chi connectivity index (χ1) is 9.79. The summed E-state index contributed by atoms with van der Waals surface area (Å²) in [4.78, 5) is 19.4. The molecule has 1 aromatic carbocycles. The van der Waals surface area contributed by atoms with Crippen LogP contribution in [0.4, 0.5) is 0 Å². The third-order valence-electron chi connectivity index (χ3n) is 2.76. The van der Waals surface area contributed by atoms with E-state index >= 15 is 0 Å². The van der Waals surface area contributed by atoms with Gasteiger partial charge in [0.15, 0.2) is 16.1 Å². The molecule has 0 saturated carbocycles. The lowest BCUT2D eigenvalue weighted by atomic mass is 10.2. The summed E-state index contributed by atoms with van der Waals surface area (Å²) in [5, 5.41) is 8.77. The maximum Gasteiger partial charge on any atom is 0.308 e. The van der Waals surface area contributed by atoms with Crippen LogP contribution < -0.4 is 5.48 Å². The smallest absolute Gasteiger partial charge is 0.308 e. The Morgan fingerprint density at radius 2 is 2.24 bits per heavy atom. The number of hydrogen-bond donors (Lipinski definition) is 2. The van der Waals surface area contributed by atoms with Gasteiger partial charge in [-0.3, -0.25) is 4.79 Å². The van der Waals surface area contributed by atoms with Crippen molar-refractivity contribution in [1.29, 1.82) is 0 Å². The van der Waals surface area contributed by atoms with E-state index in [1.54, 1.807) is 19.1 Å². The van der Waals surface area contributed by atoms with Gasteiger partial charge < -0.3 is 5.11 Å². The second kappa shape index (κ2) is 6.00. The molecule has 1 unspecified atom stereocenters. The van der Waals surface area contributed by atoms with Crippen LogP contribution in [0.1, 0.15) is 12.0 Å². The number of hydrogen-bond acceptors (Lipinski definition) is 6. The van der Waals surface area contributed by atoms with Gasteiger partial charge in [-0.2, -0.15) is 0 Å². The largest absolute Gasteiger partial charge is 0.481 e. The van der Waals surface area contributed by atoms with Crippen molar-refractivity contribution in [2.75, 3.05) is 5.75 Å². The molecular weight excluding hydrogens is 320 g/mol. The van der Waals surface area contributed by atoms with Gasteiger partial charge in [-0.1, -0.05) is 23.7 Å². The minimum absolute atomic E-state index is 0.0397. The molecule has 1 atom stereocenters. The van der Waals surface area contributed by atoms with Crippen LogP contribution in [-0.2, 0) is 19.5 Å². The number of aliphatic imine (C=N–C) groups is 1. The van der Waals surface area contributed by atoms with Gasteiger partial charge in [0, 0.05) is 0 Å². The number of hydroxylamine groups is 1. The molecule has 21 heavy (non-hydrogen) atoms. The van der Waals surface area contributed by atoms with E-state index in [1.807, 2.05) is 0 Å². The quantitative estimate of drug-likeness (QED) is 0.838. The highest BCUT2D eigenvalue weighted by Gasteiger charge is 2.27. The van der Waals surface area contributed by atoms with Crippen LogP contribution in [0.25, 0.3) is 0 Å². The number of benzene rings is 1. The zero-order valence-electron chi connectivity index (χ0n) is 11.0. The molecule has 0 bridgehead atoms. The number of aryl methyl sites for hydroxylation is 1. The van der Waals surface area contributed by atoms with E-state index in [2.05, 4.69) is 10.5 Å². The maximum atomic E-state index is 12.4. The Kier molecular flexibility index (Phi) is 4.50. The fraction of sp³-hybridized carbons (Fsp3) is 0.333. The average Bonchev–Trinajstić information content (AvgIpc) is 2.73. The number of nitrogens with zero attached hydrogens (tertiary/aromatic N) is 1. The summed E-state index contributed by atoms with van der Waals surface area (Å²) in [6.07, 6.45) is -1.28. The summed E-state index contributed by atoms with van der Waals surface area (Å²) < 4.78 is 24.8. The van der Waals surface area contributed by atoms with Gasteiger partial charge in [0.25, 0.3) is 0 Å². The first-order valence-corrected chi connectivity index (χ1v) is 8.00. The molecule has 1 aromatic rings. The molecule has 114 valence electrons. The third kappa shape index (κ3) is 3.72. The van der Waals surface area contributed by atoms with Gasteiger partial charge >= 0.3 is 5.97 Å². The number of halogens is 1. The van der Waals surface area contributed by atoms with Crippen LogP contribution in [0.2, 0.25) is 5.02 Å². The monoisotopic (exact) mass is 332 g/mol. The molecule has 1 heterocycles. The van der Waals surface area contributed by atoms with Crippen molar-refractivity contribution in [3.8, 4) is 0 Å². The molecule has 7 nitrogen and oxygen atoms in total. The highest BCUT2D eigenvalue weighted by molar-refractivity contribution is 7.92. The zero-order valence-corrected chi connectivity index (χ0v) is 12.6. The molecule has 0 saturated heterocycles. The molecule has 1 aliphatic heterocycles. The second-order valence-electron chi connectivity index (χ2n) is 4.49. The van der Waals surface area contributed by atoms with Crippen molar-refractivity contribution in [1.82, 2.24) is 5.48 Å². The molecule has 9 heteroatoms. The van der Waals surface area contributed by atoms with Crippen molar-refractivity contribution in [2.45, 2.75) is 24.5 Å². The molecule has 0 radical (unpaired) electrons. The van der Waals surface area contributed by atoms with Crippen LogP contribution in [0.15, 0.2) is 28.1 Å². The lowest BCUT2D eigenvalue weighted by Gasteiger charge is -2.09. The average molecular weight is 333 g/mol. The summed E-state index contributed by atoms with van der Waals surface area (Å²) in [6, 6.07) is 4.80. The van der Waals surface area contributed by atoms with Gasteiger partial charge in [-0.25, -0.2) is 23.7 Å². The molecular formula is C12H13ClN2O5S. The summed E-state index contributed by atoms with van der Waals surface area (Å²) in [5.74, 6) is -1.47. The van der Waals surface area contributed by atoms with E-state index in [-0.39, 0.29) is 22.2 Å². The summed E-state index contributed by atoms with van der Waals surface area (Å²) in [6.45, 7) is 1.65. The van der Waals surface area contributed by atoms with E-state index in [1.165, 1.54) is 6.07 Å². The van der Waals surface area contributed by atoms with E-state index in [0.29, 0.717) is 5.56 Å². The molecule has 2 N–H and O–H groups in total. The number of carbonyl (C=O) groups is 1. The van der Waals surface area contributed by atoms with Crippen LogP contribution in [-0.4, -0.2) is 37.3 Å². The highest BCUT2D eigenvalue weighted by Crippen LogP contribution is 2.26. The van der Waals surface area contributed by atoms with Crippen molar-refractivity contribution in [3.63, 3.8) is 0 Å². The van der Waals surface area contributed by atoms with Crippen molar-refractivity contribution in [3.05, 3.63) is 28.8 Å². The number of sulfone groups is 1. The maximum absolute atomic E-state index is 12.4. The van der Waals surface area contributed by atoms with Gasteiger partial charge in [0.1, 0.15) is 11.6 Å². The van der Waals surface area contributed by atoms with Gasteiger partial charge in [0.2, 0.25) is 0 Å². The molecule has 0 fully saturated rings. The Balaban J connectivity index is 2.21. The fourth-order valence-electron chi connectivity index (χ4n) is 1.93. The summed E-state index contributed by atoms with van der Waals surface area (Å²) in [5.41, 5.74) is 2.87. The second-order valence-corrected chi connectivity index (χ2v) is 6.83. The predicted molar refractivity (Wildman–Crippen MR) is 75.9 cm³/mol. The van der Waals surface area contributed by atoms with Gasteiger partial charge in [0.05, 0.1) is 16.3 Å². The van der Waals surface area contributed by atoms with E-state index in [0.717, 1.165) is 0 Å². The van der Waals surface area contributed by atoms with Gasteiger partial charge in [-0.05, 0) is 18.6 Å². The molecule has 1 aliphatic rings. The van der Waals surface area contributed by atoms with Gasteiger partial charge in [-0.15, -0.1) is 0 Å². The number of carboxylic acids is 1. The summed E-state index contributed by atoms with van der Waals surface area (Å²) in [7, 11) is -3.71. The minimum atomic E-state index is -3.71. The number of nitrogens with one attached hydrogen (secondary N) is 1. The lowest BCUT2D eigenvalue weighted by Crippen LogP contribution is -2.27. The Morgan fingerprint density at radius 3 is 2.86 bits per heavy atom. The van der Waals surface area contributed by atoms with Crippen molar-refractivity contribution in [2.24, 2.45) is 4.99 Å². The molecule has 0 spiro atoms. The Hall–Kier alpha value is -1.64. The van der Waals surface area contributed by atoms with Crippen LogP contribution >= 0.6 is 11.6 Å². The zero-order chi connectivity index (χ0) is 15.6. The highest BCUT2D eigenvalue weighted by atomic mass is 35.5. The summed E-state index contributed by atoms with van der Waals surface area (Å²) >= 11 is 5.95. The van der Waals surface area contributed by atoms with Crippen molar-refractivity contribution >= 4 is 33.2 Å². The minimum Gasteiger partial charge on any atom is -0.481 e. The Labute approximate surface area is 126 Å². The third-order valence-corrected chi connectivity index (χ3v) is 5.01. The Morgan fingerprint density at radius 1 is 1.52 bits per heavy atom.